The molecule has 0 aliphatic carbocycles. The van der Waals surface area contributed by atoms with Crippen LogP contribution in [0.5, 0.6) is 0 Å². The summed E-state index contributed by atoms with van der Waals surface area (Å²) in [6.07, 6.45) is 5.73. The van der Waals surface area contributed by atoms with Gasteiger partial charge in [-0.15, -0.1) is 0 Å². The van der Waals surface area contributed by atoms with E-state index in [4.69, 9.17) is 16.3 Å². The highest BCUT2D eigenvalue weighted by atomic mass is 35.5. The van der Waals surface area contributed by atoms with Crippen LogP contribution in [-0.2, 0) is 4.74 Å². The third kappa shape index (κ3) is 8.55. The van der Waals surface area contributed by atoms with Crippen molar-refractivity contribution in [2.24, 2.45) is 5.92 Å². The van der Waals surface area contributed by atoms with Gasteiger partial charge in [-0.25, -0.2) is 4.79 Å². The first-order chi connectivity index (χ1) is 11.6. The lowest BCUT2D eigenvalue weighted by molar-refractivity contribution is 0.0925. The van der Waals surface area contributed by atoms with Crippen molar-refractivity contribution in [2.75, 3.05) is 25.1 Å². The Morgan fingerprint density at radius 2 is 2.08 bits per heavy atom. The minimum absolute atomic E-state index is 0.218. The molecule has 1 aromatic rings. The summed E-state index contributed by atoms with van der Waals surface area (Å²) in [6.45, 7) is 8.46. The number of carbonyl (C=O) groups excluding carboxylic acids is 1. The first kappa shape index (κ1) is 20.8. The normalized spacial score (nSPS) is 12.0. The van der Waals surface area contributed by atoms with Gasteiger partial charge >= 0.3 is 6.03 Å². The molecule has 1 atom stereocenters. The SMILES string of the molecule is CCCCC(CC)COCCCNC(=O)Nc1ccc(C)c(Cl)c1. The van der Waals surface area contributed by atoms with Gasteiger partial charge in [-0.3, -0.25) is 0 Å². The second-order valence-corrected chi connectivity index (χ2v) is 6.60. The molecule has 0 aliphatic rings. The minimum Gasteiger partial charge on any atom is -0.381 e. The first-order valence-electron chi connectivity index (χ1n) is 8.95. The third-order valence-electron chi connectivity index (χ3n) is 4.08. The molecule has 2 amide bonds. The summed E-state index contributed by atoms with van der Waals surface area (Å²) >= 11 is 6.04. The summed E-state index contributed by atoms with van der Waals surface area (Å²) in [5, 5.41) is 6.25. The Hall–Kier alpha value is -1.26. The van der Waals surface area contributed by atoms with Crippen molar-refractivity contribution in [2.45, 2.75) is 52.9 Å². The van der Waals surface area contributed by atoms with E-state index < -0.39 is 0 Å². The molecule has 0 spiro atoms. The minimum atomic E-state index is -0.218. The smallest absolute Gasteiger partial charge is 0.319 e. The second-order valence-electron chi connectivity index (χ2n) is 6.19. The summed E-state index contributed by atoms with van der Waals surface area (Å²) in [4.78, 5) is 11.8. The van der Waals surface area contributed by atoms with Gasteiger partial charge in [-0.1, -0.05) is 50.8 Å². The molecule has 0 bridgehead atoms. The Balaban J connectivity index is 2.12. The van der Waals surface area contributed by atoms with Crippen LogP contribution in [0.4, 0.5) is 10.5 Å². The van der Waals surface area contributed by atoms with E-state index in [2.05, 4.69) is 24.5 Å². The number of hydrogen-bond donors (Lipinski definition) is 2. The van der Waals surface area contributed by atoms with E-state index in [0.29, 0.717) is 29.8 Å². The van der Waals surface area contributed by atoms with Crippen LogP contribution in [0.15, 0.2) is 18.2 Å². The zero-order chi connectivity index (χ0) is 17.8. The van der Waals surface area contributed by atoms with Crippen molar-refractivity contribution in [3.8, 4) is 0 Å². The Labute approximate surface area is 151 Å². The van der Waals surface area contributed by atoms with Gasteiger partial charge in [0.2, 0.25) is 0 Å². The lowest BCUT2D eigenvalue weighted by Crippen LogP contribution is -2.30. The van der Waals surface area contributed by atoms with Crippen LogP contribution in [0, 0.1) is 12.8 Å². The van der Waals surface area contributed by atoms with Crippen LogP contribution < -0.4 is 10.6 Å². The Morgan fingerprint density at radius 3 is 2.75 bits per heavy atom. The lowest BCUT2D eigenvalue weighted by atomic mass is 10.0. The van der Waals surface area contributed by atoms with Gasteiger partial charge in [0, 0.05) is 30.5 Å². The summed E-state index contributed by atoms with van der Waals surface area (Å²) in [5.74, 6) is 0.660. The summed E-state index contributed by atoms with van der Waals surface area (Å²) in [7, 11) is 0. The number of hydrogen-bond acceptors (Lipinski definition) is 2. The fourth-order valence-corrected chi connectivity index (χ4v) is 2.55. The number of urea groups is 1. The second kappa shape index (κ2) is 12.2. The molecule has 24 heavy (non-hydrogen) atoms. The van der Waals surface area contributed by atoms with E-state index >= 15 is 0 Å². The number of amides is 2. The quantitative estimate of drug-likeness (QED) is 0.523. The number of carbonyl (C=O) groups is 1. The molecule has 5 heteroatoms. The van der Waals surface area contributed by atoms with Gasteiger partial charge in [0.15, 0.2) is 0 Å². The molecule has 2 N–H and O–H groups in total. The molecular formula is C19H31ClN2O2. The predicted molar refractivity (Wildman–Crippen MR) is 102 cm³/mol. The topological polar surface area (TPSA) is 50.4 Å². The molecule has 0 saturated heterocycles. The largest absolute Gasteiger partial charge is 0.381 e. The van der Waals surface area contributed by atoms with Gasteiger partial charge in [-0.2, -0.15) is 0 Å². The molecule has 1 unspecified atom stereocenters. The zero-order valence-electron chi connectivity index (χ0n) is 15.2. The third-order valence-corrected chi connectivity index (χ3v) is 4.48. The molecule has 1 rings (SSSR count). The zero-order valence-corrected chi connectivity index (χ0v) is 15.9. The van der Waals surface area contributed by atoms with E-state index in [1.165, 1.54) is 25.7 Å². The average molecular weight is 355 g/mol. The van der Waals surface area contributed by atoms with Crippen LogP contribution in [0.1, 0.15) is 51.5 Å². The molecule has 136 valence electrons. The van der Waals surface area contributed by atoms with Crippen molar-refractivity contribution < 1.29 is 9.53 Å². The fraction of sp³-hybridized carbons (Fsp3) is 0.632. The number of nitrogens with one attached hydrogen (secondary N) is 2. The average Bonchev–Trinajstić information content (AvgIpc) is 2.57. The maximum atomic E-state index is 11.8. The van der Waals surface area contributed by atoms with Crippen LogP contribution in [-0.4, -0.2) is 25.8 Å². The molecule has 4 nitrogen and oxygen atoms in total. The van der Waals surface area contributed by atoms with Crippen LogP contribution >= 0.6 is 11.6 Å². The predicted octanol–water partition coefficient (Wildman–Crippen LogP) is 5.39. The maximum Gasteiger partial charge on any atom is 0.319 e. The Kier molecular flexibility index (Phi) is 10.5. The number of ether oxygens (including phenoxy) is 1. The van der Waals surface area contributed by atoms with E-state index in [9.17, 15) is 4.79 Å². The molecule has 0 fully saturated rings. The van der Waals surface area contributed by atoms with Crippen molar-refractivity contribution >= 4 is 23.3 Å². The molecule has 0 radical (unpaired) electrons. The highest BCUT2D eigenvalue weighted by Crippen LogP contribution is 2.19. The Bertz CT molecular complexity index is 494. The molecular weight excluding hydrogens is 324 g/mol. The number of rotatable bonds is 11. The van der Waals surface area contributed by atoms with E-state index in [-0.39, 0.29) is 6.03 Å². The van der Waals surface area contributed by atoms with E-state index in [0.717, 1.165) is 18.6 Å². The highest BCUT2D eigenvalue weighted by molar-refractivity contribution is 6.31. The first-order valence-corrected chi connectivity index (χ1v) is 9.33. The fourth-order valence-electron chi connectivity index (χ4n) is 2.37. The molecule has 0 aromatic heterocycles. The standard InChI is InChI=1S/C19H31ClN2O2/c1-4-6-8-16(5-2)14-24-12-7-11-21-19(23)22-17-10-9-15(3)18(20)13-17/h9-10,13,16H,4-8,11-12,14H2,1-3H3,(H2,21,22,23). The van der Waals surface area contributed by atoms with Gasteiger partial charge in [-0.05, 0) is 43.4 Å². The van der Waals surface area contributed by atoms with Gasteiger partial charge < -0.3 is 15.4 Å². The summed E-state index contributed by atoms with van der Waals surface area (Å²) in [6, 6.07) is 5.25. The number of benzene rings is 1. The molecule has 0 saturated carbocycles. The lowest BCUT2D eigenvalue weighted by Gasteiger charge is -2.14. The number of anilines is 1. The van der Waals surface area contributed by atoms with Crippen molar-refractivity contribution in [3.05, 3.63) is 28.8 Å². The highest BCUT2D eigenvalue weighted by Gasteiger charge is 2.06. The molecule has 0 heterocycles. The molecule has 1 aromatic carbocycles. The van der Waals surface area contributed by atoms with Crippen LogP contribution in [0.25, 0.3) is 0 Å². The van der Waals surface area contributed by atoms with Gasteiger partial charge in [0.1, 0.15) is 0 Å². The van der Waals surface area contributed by atoms with Gasteiger partial charge in [0.25, 0.3) is 0 Å². The van der Waals surface area contributed by atoms with Crippen LogP contribution in [0.3, 0.4) is 0 Å². The van der Waals surface area contributed by atoms with Crippen molar-refractivity contribution in [1.29, 1.82) is 0 Å². The summed E-state index contributed by atoms with van der Waals surface area (Å²) in [5.41, 5.74) is 1.69. The van der Waals surface area contributed by atoms with Crippen molar-refractivity contribution in [1.82, 2.24) is 5.32 Å². The monoisotopic (exact) mass is 354 g/mol. The van der Waals surface area contributed by atoms with E-state index in [1.807, 2.05) is 19.1 Å². The van der Waals surface area contributed by atoms with Gasteiger partial charge in [0.05, 0.1) is 0 Å². The summed E-state index contributed by atoms with van der Waals surface area (Å²) < 4.78 is 5.72. The number of aryl methyl sites for hydroxylation is 1. The van der Waals surface area contributed by atoms with E-state index in [1.54, 1.807) is 6.07 Å². The van der Waals surface area contributed by atoms with Crippen LogP contribution in [0.2, 0.25) is 5.02 Å². The maximum absolute atomic E-state index is 11.8. The number of halogens is 1. The number of unbranched alkanes of at least 4 members (excludes halogenated alkanes) is 1. The van der Waals surface area contributed by atoms with Crippen molar-refractivity contribution in [3.63, 3.8) is 0 Å². The Morgan fingerprint density at radius 1 is 1.29 bits per heavy atom. The molecule has 0 aliphatic heterocycles.